The minimum Gasteiger partial charge on any atom is -0.375 e. The molecule has 0 atom stereocenters. The molecule has 0 aliphatic heterocycles. The van der Waals surface area contributed by atoms with Gasteiger partial charge in [-0.15, -0.1) is 0 Å². The van der Waals surface area contributed by atoms with Gasteiger partial charge in [-0.3, -0.25) is 9.20 Å². The van der Waals surface area contributed by atoms with Crippen LogP contribution in [0.15, 0.2) is 42.6 Å². The van der Waals surface area contributed by atoms with Crippen LogP contribution in [0.2, 0.25) is 0 Å². The zero-order valence-corrected chi connectivity index (χ0v) is 13.5. The van der Waals surface area contributed by atoms with E-state index in [1.807, 2.05) is 60.8 Å². The Morgan fingerprint density at radius 2 is 2.00 bits per heavy atom. The van der Waals surface area contributed by atoms with E-state index in [2.05, 4.69) is 5.32 Å². The number of nitrogens with zero attached hydrogens (tertiary/aromatic N) is 2. The Morgan fingerprint density at radius 1 is 1.22 bits per heavy atom. The number of carbonyl (C=O) groups is 1. The summed E-state index contributed by atoms with van der Waals surface area (Å²) in [6.45, 7) is 4.05. The number of ether oxygens (including phenoxy) is 1. The largest absolute Gasteiger partial charge is 0.375 e. The van der Waals surface area contributed by atoms with E-state index in [1.165, 1.54) is 7.11 Å². The molecule has 1 N–H and O–H groups in total. The van der Waals surface area contributed by atoms with Crippen LogP contribution in [0.4, 0.5) is 5.82 Å². The Labute approximate surface area is 134 Å². The number of hydrogen-bond donors (Lipinski definition) is 1. The first-order valence-corrected chi connectivity index (χ1v) is 7.43. The fourth-order valence-corrected chi connectivity index (χ4v) is 2.60. The van der Waals surface area contributed by atoms with Gasteiger partial charge in [0.2, 0.25) is 0 Å². The third kappa shape index (κ3) is 2.96. The van der Waals surface area contributed by atoms with Crippen molar-refractivity contribution in [2.45, 2.75) is 13.8 Å². The second-order valence-electron chi connectivity index (χ2n) is 5.54. The van der Waals surface area contributed by atoms with E-state index in [0.717, 1.165) is 28.0 Å². The first-order valence-electron chi connectivity index (χ1n) is 7.43. The Balaban J connectivity index is 2.20. The lowest BCUT2D eigenvalue weighted by atomic mass is 10.1. The number of benzene rings is 1. The number of methoxy groups -OCH3 is 1. The highest BCUT2D eigenvalue weighted by atomic mass is 16.5. The number of rotatable bonds is 4. The molecule has 3 aromatic rings. The molecule has 0 saturated heterocycles. The highest BCUT2D eigenvalue weighted by molar-refractivity contribution is 5.95. The molecule has 5 nitrogen and oxygen atoms in total. The van der Waals surface area contributed by atoms with E-state index in [1.54, 1.807) is 0 Å². The number of aromatic nitrogens is 2. The van der Waals surface area contributed by atoms with Crippen LogP contribution in [0, 0.1) is 13.8 Å². The maximum atomic E-state index is 12.0. The Hall–Kier alpha value is -2.66. The van der Waals surface area contributed by atoms with Crippen molar-refractivity contribution in [2.24, 2.45) is 0 Å². The molecule has 0 radical (unpaired) electrons. The van der Waals surface area contributed by atoms with Crippen molar-refractivity contribution in [3.05, 3.63) is 53.7 Å². The van der Waals surface area contributed by atoms with E-state index >= 15 is 0 Å². The lowest BCUT2D eigenvalue weighted by molar-refractivity contribution is -0.119. The highest BCUT2D eigenvalue weighted by Crippen LogP contribution is 2.31. The summed E-state index contributed by atoms with van der Waals surface area (Å²) in [5.74, 6) is 0.464. The molecule has 0 saturated carbocycles. The van der Waals surface area contributed by atoms with E-state index < -0.39 is 0 Å². The van der Waals surface area contributed by atoms with Crippen molar-refractivity contribution >= 4 is 17.4 Å². The van der Waals surface area contributed by atoms with Gasteiger partial charge in [0.05, 0.1) is 0 Å². The molecule has 0 spiro atoms. The molecule has 1 aromatic carbocycles. The lowest BCUT2D eigenvalue weighted by Crippen LogP contribution is -2.18. The van der Waals surface area contributed by atoms with Gasteiger partial charge in [0.1, 0.15) is 23.8 Å². The number of imidazole rings is 1. The van der Waals surface area contributed by atoms with Gasteiger partial charge in [-0.1, -0.05) is 30.3 Å². The average molecular weight is 309 g/mol. The summed E-state index contributed by atoms with van der Waals surface area (Å²) in [4.78, 5) is 16.7. The predicted octanol–water partition coefficient (Wildman–Crippen LogP) is 3.20. The summed E-state index contributed by atoms with van der Waals surface area (Å²) < 4.78 is 6.82. The maximum Gasteiger partial charge on any atom is 0.251 e. The molecule has 0 aliphatic rings. The Morgan fingerprint density at radius 3 is 2.74 bits per heavy atom. The smallest absolute Gasteiger partial charge is 0.251 e. The number of amides is 1. The third-order valence-electron chi connectivity index (χ3n) is 3.70. The fourth-order valence-electron chi connectivity index (χ4n) is 2.60. The summed E-state index contributed by atoms with van der Waals surface area (Å²) in [6.07, 6.45) is 1.96. The van der Waals surface area contributed by atoms with E-state index in [0.29, 0.717) is 5.82 Å². The standard InChI is InChI=1S/C18H19N3O2/c1-12-8-9-15-19-17(14-7-5-4-6-13(14)2)18(21(15)10-12)20-16(22)11-23-3/h4-10H,11H2,1-3H3,(H,20,22). The van der Waals surface area contributed by atoms with Crippen molar-refractivity contribution in [1.29, 1.82) is 0 Å². The number of fused-ring (bicyclic) bond motifs is 1. The van der Waals surface area contributed by atoms with Gasteiger partial charge in [0.15, 0.2) is 0 Å². The first kappa shape index (κ1) is 15.2. The van der Waals surface area contributed by atoms with Crippen LogP contribution in [-0.2, 0) is 9.53 Å². The molecule has 118 valence electrons. The van der Waals surface area contributed by atoms with Gasteiger partial charge < -0.3 is 10.1 Å². The SMILES string of the molecule is COCC(=O)Nc1c(-c2ccccc2C)nc2ccc(C)cn12. The average Bonchev–Trinajstić information content (AvgIpc) is 2.86. The van der Waals surface area contributed by atoms with E-state index in [9.17, 15) is 4.79 Å². The predicted molar refractivity (Wildman–Crippen MR) is 90.6 cm³/mol. The van der Waals surface area contributed by atoms with Gasteiger partial charge in [-0.05, 0) is 31.0 Å². The number of anilines is 1. The number of aryl methyl sites for hydroxylation is 2. The van der Waals surface area contributed by atoms with Crippen molar-refractivity contribution in [3.8, 4) is 11.3 Å². The number of hydrogen-bond acceptors (Lipinski definition) is 3. The second kappa shape index (κ2) is 6.22. The number of carbonyl (C=O) groups excluding carboxylic acids is 1. The van der Waals surface area contributed by atoms with Crippen molar-refractivity contribution in [1.82, 2.24) is 9.38 Å². The molecule has 3 rings (SSSR count). The van der Waals surface area contributed by atoms with Crippen LogP contribution in [0.5, 0.6) is 0 Å². The summed E-state index contributed by atoms with van der Waals surface area (Å²) in [5.41, 5.74) is 4.75. The maximum absolute atomic E-state index is 12.0. The fraction of sp³-hybridized carbons (Fsp3) is 0.222. The van der Waals surface area contributed by atoms with Gasteiger partial charge in [0.25, 0.3) is 5.91 Å². The highest BCUT2D eigenvalue weighted by Gasteiger charge is 2.17. The van der Waals surface area contributed by atoms with Crippen LogP contribution in [-0.4, -0.2) is 29.0 Å². The molecule has 0 bridgehead atoms. The van der Waals surface area contributed by atoms with Crippen LogP contribution in [0.1, 0.15) is 11.1 Å². The summed E-state index contributed by atoms with van der Waals surface area (Å²) in [5, 5.41) is 2.92. The molecule has 5 heteroatoms. The molecule has 2 aromatic heterocycles. The summed E-state index contributed by atoms with van der Waals surface area (Å²) >= 11 is 0. The van der Waals surface area contributed by atoms with Crippen LogP contribution >= 0.6 is 0 Å². The van der Waals surface area contributed by atoms with Crippen molar-refractivity contribution < 1.29 is 9.53 Å². The molecule has 2 heterocycles. The molecular weight excluding hydrogens is 290 g/mol. The third-order valence-corrected chi connectivity index (χ3v) is 3.70. The van der Waals surface area contributed by atoms with Gasteiger partial charge >= 0.3 is 0 Å². The van der Waals surface area contributed by atoms with Crippen LogP contribution in [0.25, 0.3) is 16.9 Å². The van der Waals surface area contributed by atoms with E-state index in [-0.39, 0.29) is 12.5 Å². The molecule has 1 amide bonds. The number of pyridine rings is 1. The molecule has 0 aliphatic carbocycles. The topological polar surface area (TPSA) is 55.6 Å². The minimum atomic E-state index is -0.203. The Bertz CT molecular complexity index is 868. The van der Waals surface area contributed by atoms with Gasteiger partial charge in [0, 0.05) is 18.9 Å². The van der Waals surface area contributed by atoms with Crippen LogP contribution < -0.4 is 5.32 Å². The molecule has 23 heavy (non-hydrogen) atoms. The minimum absolute atomic E-state index is 0.00621. The number of nitrogens with one attached hydrogen (secondary N) is 1. The van der Waals surface area contributed by atoms with E-state index in [4.69, 9.17) is 9.72 Å². The van der Waals surface area contributed by atoms with Crippen molar-refractivity contribution in [3.63, 3.8) is 0 Å². The zero-order valence-electron chi connectivity index (χ0n) is 13.5. The summed E-state index contributed by atoms with van der Waals surface area (Å²) in [7, 11) is 1.50. The quantitative estimate of drug-likeness (QED) is 0.805. The van der Waals surface area contributed by atoms with Gasteiger partial charge in [-0.2, -0.15) is 0 Å². The lowest BCUT2D eigenvalue weighted by Gasteiger charge is -2.09. The summed E-state index contributed by atoms with van der Waals surface area (Å²) in [6, 6.07) is 12.0. The van der Waals surface area contributed by atoms with Crippen molar-refractivity contribution in [2.75, 3.05) is 19.0 Å². The molecule has 0 unspecified atom stereocenters. The molecular formula is C18H19N3O2. The van der Waals surface area contributed by atoms with Gasteiger partial charge in [-0.25, -0.2) is 4.98 Å². The van der Waals surface area contributed by atoms with Crippen LogP contribution in [0.3, 0.4) is 0 Å². The zero-order chi connectivity index (χ0) is 16.4. The molecule has 0 fully saturated rings. The first-order chi connectivity index (χ1) is 11.1. The Kier molecular flexibility index (Phi) is 4.12. The normalized spacial score (nSPS) is 10.9. The monoisotopic (exact) mass is 309 g/mol. The second-order valence-corrected chi connectivity index (χ2v) is 5.54.